The average molecular weight is 548 g/mol. The van der Waals surface area contributed by atoms with E-state index in [4.69, 9.17) is 11.6 Å². The summed E-state index contributed by atoms with van der Waals surface area (Å²) in [4.78, 5) is 27.4. The Morgan fingerprint density at radius 3 is 2.33 bits per heavy atom. The molecule has 2 aromatic rings. The lowest BCUT2D eigenvalue weighted by atomic mass is 10.1. The fourth-order valence-corrected chi connectivity index (χ4v) is 4.55. The van der Waals surface area contributed by atoms with E-state index in [0.29, 0.717) is 23.3 Å². The Bertz CT molecular complexity index is 1210. The van der Waals surface area contributed by atoms with Crippen LogP contribution in [0.3, 0.4) is 0 Å². The van der Waals surface area contributed by atoms with Crippen LogP contribution in [0.1, 0.15) is 37.0 Å². The summed E-state index contributed by atoms with van der Waals surface area (Å²) in [6, 6.07) is 8.41. The second kappa shape index (κ2) is 12.0. The van der Waals surface area contributed by atoms with Crippen molar-refractivity contribution in [3.05, 3.63) is 64.2 Å². The number of halogens is 4. The van der Waals surface area contributed by atoms with E-state index in [-0.39, 0.29) is 11.6 Å². The number of carbonyl (C=O) groups excluding carboxylic acids is 2. The van der Waals surface area contributed by atoms with Crippen LogP contribution in [0.15, 0.2) is 42.5 Å². The van der Waals surface area contributed by atoms with Crippen molar-refractivity contribution in [1.82, 2.24) is 10.2 Å². The summed E-state index contributed by atoms with van der Waals surface area (Å²) in [5, 5.41) is 2.43. The minimum absolute atomic E-state index is 0.0137. The lowest BCUT2D eigenvalue weighted by Gasteiger charge is -2.32. The van der Waals surface area contributed by atoms with E-state index in [1.54, 1.807) is 12.1 Å². The third-order valence-electron chi connectivity index (χ3n) is 5.54. The summed E-state index contributed by atoms with van der Waals surface area (Å²) in [5.41, 5.74) is -0.0327. The van der Waals surface area contributed by atoms with Crippen LogP contribution in [-0.2, 0) is 32.3 Å². The number of hydrogen-bond acceptors (Lipinski definition) is 4. The van der Waals surface area contributed by atoms with E-state index in [0.717, 1.165) is 29.5 Å². The highest BCUT2D eigenvalue weighted by Gasteiger charge is 2.34. The van der Waals surface area contributed by atoms with Crippen molar-refractivity contribution >= 4 is 39.1 Å². The van der Waals surface area contributed by atoms with Gasteiger partial charge in [0, 0.05) is 13.1 Å². The standard InChI is InChI=1S/C24H29ClF3N3O4S/c1-5-12-29-23(33)17(3)30(14-18-9-7-6-8-16(18)2)22(32)15-31(36(4,34)35)21-13-19(24(26,27)28)10-11-20(21)25/h6-11,13,17H,5,12,14-15H2,1-4H3,(H,29,33). The first-order valence-corrected chi connectivity index (χ1v) is 13.4. The van der Waals surface area contributed by atoms with Crippen LogP contribution in [0.2, 0.25) is 5.02 Å². The monoisotopic (exact) mass is 547 g/mol. The molecule has 0 saturated carbocycles. The van der Waals surface area contributed by atoms with E-state index in [9.17, 15) is 31.2 Å². The minimum atomic E-state index is -4.75. The molecule has 1 atom stereocenters. The van der Waals surface area contributed by atoms with E-state index < -0.39 is 51.9 Å². The quantitative estimate of drug-likeness (QED) is 0.478. The number of sulfonamides is 1. The molecular weight excluding hydrogens is 519 g/mol. The molecule has 36 heavy (non-hydrogen) atoms. The normalized spacial score (nSPS) is 12.7. The van der Waals surface area contributed by atoms with E-state index in [2.05, 4.69) is 5.32 Å². The molecule has 0 aliphatic carbocycles. The molecule has 2 rings (SSSR count). The lowest BCUT2D eigenvalue weighted by Crippen LogP contribution is -2.51. The van der Waals surface area contributed by atoms with Gasteiger partial charge in [-0.2, -0.15) is 13.2 Å². The predicted molar refractivity (Wildman–Crippen MR) is 133 cm³/mol. The van der Waals surface area contributed by atoms with Crippen molar-refractivity contribution in [2.45, 2.75) is 46.0 Å². The molecule has 0 aliphatic heterocycles. The number of anilines is 1. The van der Waals surface area contributed by atoms with Crippen molar-refractivity contribution in [3.8, 4) is 0 Å². The van der Waals surface area contributed by atoms with Gasteiger partial charge in [-0.25, -0.2) is 8.42 Å². The van der Waals surface area contributed by atoms with Gasteiger partial charge < -0.3 is 10.2 Å². The van der Waals surface area contributed by atoms with E-state index >= 15 is 0 Å². The van der Waals surface area contributed by atoms with Crippen molar-refractivity contribution < 1.29 is 31.2 Å². The number of aryl methyl sites for hydroxylation is 1. The number of benzene rings is 2. The van der Waals surface area contributed by atoms with Gasteiger partial charge in [0.2, 0.25) is 21.8 Å². The molecule has 0 aromatic heterocycles. The molecule has 2 aromatic carbocycles. The molecule has 0 fully saturated rings. The first-order valence-electron chi connectivity index (χ1n) is 11.1. The molecule has 7 nitrogen and oxygen atoms in total. The number of hydrogen-bond donors (Lipinski definition) is 1. The summed E-state index contributed by atoms with van der Waals surface area (Å²) in [6.45, 7) is 4.71. The number of carbonyl (C=O) groups is 2. The topological polar surface area (TPSA) is 86.8 Å². The maximum Gasteiger partial charge on any atom is 0.416 e. The van der Waals surface area contributed by atoms with Crippen LogP contribution in [0.5, 0.6) is 0 Å². The molecule has 198 valence electrons. The van der Waals surface area contributed by atoms with Gasteiger partial charge in [0.15, 0.2) is 0 Å². The van der Waals surface area contributed by atoms with Crippen molar-refractivity contribution in [1.29, 1.82) is 0 Å². The highest BCUT2D eigenvalue weighted by molar-refractivity contribution is 7.92. The van der Waals surface area contributed by atoms with Crippen LogP contribution in [-0.4, -0.2) is 50.5 Å². The molecular formula is C24H29ClF3N3O4S. The smallest absolute Gasteiger partial charge is 0.354 e. The third-order valence-corrected chi connectivity index (χ3v) is 6.99. The zero-order valence-corrected chi connectivity index (χ0v) is 22.0. The molecule has 0 heterocycles. The zero-order valence-electron chi connectivity index (χ0n) is 20.4. The molecule has 1 unspecified atom stereocenters. The summed E-state index contributed by atoms with van der Waals surface area (Å²) in [6.07, 6.45) is -3.32. The van der Waals surface area contributed by atoms with Crippen molar-refractivity contribution in [2.24, 2.45) is 0 Å². The van der Waals surface area contributed by atoms with Gasteiger partial charge in [0.05, 0.1) is 22.5 Å². The lowest BCUT2D eigenvalue weighted by molar-refractivity contribution is -0.139. The van der Waals surface area contributed by atoms with Gasteiger partial charge in [-0.3, -0.25) is 13.9 Å². The fourth-order valence-electron chi connectivity index (χ4n) is 3.42. The Morgan fingerprint density at radius 2 is 1.78 bits per heavy atom. The van der Waals surface area contributed by atoms with Crippen LogP contribution < -0.4 is 9.62 Å². The molecule has 1 N–H and O–H groups in total. The summed E-state index contributed by atoms with van der Waals surface area (Å²) in [7, 11) is -4.24. The predicted octanol–water partition coefficient (Wildman–Crippen LogP) is 4.38. The number of rotatable bonds is 10. The molecule has 2 amide bonds. The molecule has 0 bridgehead atoms. The van der Waals surface area contributed by atoms with Crippen LogP contribution in [0.4, 0.5) is 18.9 Å². The SMILES string of the molecule is CCCNC(=O)C(C)N(Cc1ccccc1C)C(=O)CN(c1cc(C(F)(F)F)ccc1Cl)S(C)(=O)=O. The van der Waals surface area contributed by atoms with Gasteiger partial charge in [0.25, 0.3) is 0 Å². The summed E-state index contributed by atoms with van der Waals surface area (Å²) in [5.74, 6) is -1.22. The fraction of sp³-hybridized carbons (Fsp3) is 0.417. The Balaban J connectivity index is 2.50. The number of nitrogens with one attached hydrogen (secondary N) is 1. The molecule has 0 radical (unpaired) electrons. The van der Waals surface area contributed by atoms with Crippen LogP contribution in [0.25, 0.3) is 0 Å². The zero-order chi connectivity index (χ0) is 27.3. The van der Waals surface area contributed by atoms with Gasteiger partial charge >= 0.3 is 6.18 Å². The molecule has 12 heteroatoms. The van der Waals surface area contributed by atoms with Crippen LogP contribution >= 0.6 is 11.6 Å². The number of amides is 2. The van der Waals surface area contributed by atoms with E-state index in [1.165, 1.54) is 11.8 Å². The van der Waals surface area contributed by atoms with Gasteiger partial charge in [-0.1, -0.05) is 42.8 Å². The van der Waals surface area contributed by atoms with Gasteiger partial charge in [-0.05, 0) is 49.6 Å². The van der Waals surface area contributed by atoms with E-state index in [1.807, 2.05) is 26.0 Å². The van der Waals surface area contributed by atoms with Crippen molar-refractivity contribution in [2.75, 3.05) is 23.7 Å². The molecule has 0 spiro atoms. The summed E-state index contributed by atoms with van der Waals surface area (Å²) < 4.78 is 65.6. The second-order valence-electron chi connectivity index (χ2n) is 8.35. The Morgan fingerprint density at radius 1 is 1.14 bits per heavy atom. The number of alkyl halides is 3. The Hall–Kier alpha value is -2.79. The average Bonchev–Trinajstić information content (AvgIpc) is 2.79. The highest BCUT2D eigenvalue weighted by atomic mass is 35.5. The van der Waals surface area contributed by atoms with Crippen LogP contribution in [0, 0.1) is 6.92 Å². The largest absolute Gasteiger partial charge is 0.416 e. The maximum atomic E-state index is 13.5. The second-order valence-corrected chi connectivity index (χ2v) is 10.7. The minimum Gasteiger partial charge on any atom is -0.354 e. The Labute approximate surface area is 214 Å². The van der Waals surface area contributed by atoms with Crippen molar-refractivity contribution in [3.63, 3.8) is 0 Å². The maximum absolute atomic E-state index is 13.5. The van der Waals surface area contributed by atoms with Gasteiger partial charge in [-0.15, -0.1) is 0 Å². The first-order chi connectivity index (χ1) is 16.7. The number of nitrogens with zero attached hydrogens (tertiary/aromatic N) is 2. The van der Waals surface area contributed by atoms with Gasteiger partial charge in [0.1, 0.15) is 12.6 Å². The molecule has 0 saturated heterocycles. The first kappa shape index (κ1) is 29.4. The third kappa shape index (κ3) is 7.60. The summed E-state index contributed by atoms with van der Waals surface area (Å²) >= 11 is 6.07. The molecule has 0 aliphatic rings. The highest BCUT2D eigenvalue weighted by Crippen LogP contribution is 2.36. The Kier molecular flexibility index (Phi) is 9.78.